The zero-order valence-electron chi connectivity index (χ0n) is 10.6. The van der Waals surface area contributed by atoms with Gasteiger partial charge in [-0.2, -0.15) is 0 Å². The van der Waals surface area contributed by atoms with E-state index in [1.165, 1.54) is 31.4 Å². The maximum atomic E-state index is 5.62. The molecule has 1 saturated carbocycles. The van der Waals surface area contributed by atoms with E-state index in [9.17, 15) is 0 Å². The van der Waals surface area contributed by atoms with Gasteiger partial charge in [-0.3, -0.25) is 4.90 Å². The number of hydrogen-bond acceptors (Lipinski definition) is 2. The highest BCUT2D eigenvalue weighted by molar-refractivity contribution is 5.14. The molecule has 94 valence electrons. The van der Waals surface area contributed by atoms with Crippen molar-refractivity contribution in [1.29, 1.82) is 0 Å². The van der Waals surface area contributed by atoms with Crippen molar-refractivity contribution >= 4 is 0 Å². The Labute approximate surface area is 105 Å². The molecule has 0 spiro atoms. The Hall–Kier alpha value is -0.860. The second kappa shape index (κ2) is 6.77. The van der Waals surface area contributed by atoms with Crippen LogP contribution in [0.15, 0.2) is 30.3 Å². The van der Waals surface area contributed by atoms with Crippen LogP contribution >= 0.6 is 0 Å². The maximum Gasteiger partial charge on any atom is 0.0233 e. The fourth-order valence-corrected chi connectivity index (χ4v) is 2.43. The Morgan fingerprint density at radius 1 is 1.18 bits per heavy atom. The first-order valence-electron chi connectivity index (χ1n) is 6.85. The summed E-state index contributed by atoms with van der Waals surface area (Å²) in [6.07, 6.45) is 5.39. The third-order valence-electron chi connectivity index (χ3n) is 3.67. The average Bonchev–Trinajstić information content (AvgIpc) is 2.31. The Kier molecular flexibility index (Phi) is 5.02. The monoisotopic (exact) mass is 232 g/mol. The first-order chi connectivity index (χ1) is 8.38. The minimum atomic E-state index is 0.802. The highest BCUT2D eigenvalue weighted by atomic mass is 15.1. The zero-order chi connectivity index (χ0) is 11.9. The van der Waals surface area contributed by atoms with Gasteiger partial charge >= 0.3 is 0 Å². The number of hydrogen-bond donors (Lipinski definition) is 1. The Balaban J connectivity index is 1.85. The standard InChI is InChI=1S/C15H24N2/c16-10-5-11-17(13-15-8-4-9-15)12-14-6-2-1-3-7-14/h1-3,6-7,15H,4-5,8-13,16H2. The lowest BCUT2D eigenvalue weighted by Crippen LogP contribution is -2.33. The van der Waals surface area contributed by atoms with Crippen LogP contribution in [0.25, 0.3) is 0 Å². The molecule has 0 radical (unpaired) electrons. The summed E-state index contributed by atoms with van der Waals surface area (Å²) in [5.74, 6) is 0.941. The third-order valence-corrected chi connectivity index (χ3v) is 3.67. The van der Waals surface area contributed by atoms with Gasteiger partial charge in [-0.15, -0.1) is 0 Å². The van der Waals surface area contributed by atoms with E-state index in [2.05, 4.69) is 35.2 Å². The molecule has 17 heavy (non-hydrogen) atoms. The van der Waals surface area contributed by atoms with E-state index in [-0.39, 0.29) is 0 Å². The van der Waals surface area contributed by atoms with E-state index in [0.29, 0.717) is 0 Å². The lowest BCUT2D eigenvalue weighted by molar-refractivity contribution is 0.170. The van der Waals surface area contributed by atoms with Gasteiger partial charge in [0.1, 0.15) is 0 Å². The minimum Gasteiger partial charge on any atom is -0.330 e. The van der Waals surface area contributed by atoms with Crippen LogP contribution in [0.4, 0.5) is 0 Å². The van der Waals surface area contributed by atoms with Crippen LogP contribution in [0, 0.1) is 5.92 Å². The van der Waals surface area contributed by atoms with Crippen molar-refractivity contribution in [2.24, 2.45) is 11.7 Å². The highest BCUT2D eigenvalue weighted by Gasteiger charge is 2.20. The summed E-state index contributed by atoms with van der Waals surface area (Å²) in [7, 11) is 0. The van der Waals surface area contributed by atoms with Crippen molar-refractivity contribution in [2.45, 2.75) is 32.2 Å². The Morgan fingerprint density at radius 3 is 2.53 bits per heavy atom. The molecule has 0 saturated heterocycles. The van der Waals surface area contributed by atoms with Crippen LogP contribution < -0.4 is 5.73 Å². The molecule has 2 N–H and O–H groups in total. The van der Waals surface area contributed by atoms with Crippen molar-refractivity contribution in [3.8, 4) is 0 Å². The molecule has 1 aromatic carbocycles. The van der Waals surface area contributed by atoms with Crippen LogP contribution in [-0.4, -0.2) is 24.5 Å². The summed E-state index contributed by atoms with van der Waals surface area (Å²) in [4.78, 5) is 2.58. The zero-order valence-corrected chi connectivity index (χ0v) is 10.6. The topological polar surface area (TPSA) is 29.3 Å². The second-order valence-corrected chi connectivity index (χ2v) is 5.16. The van der Waals surface area contributed by atoms with Gasteiger partial charge in [0.2, 0.25) is 0 Å². The molecule has 1 aliphatic rings. The molecule has 1 fully saturated rings. The number of nitrogens with two attached hydrogens (primary N) is 1. The summed E-state index contributed by atoms with van der Waals surface area (Å²) in [5, 5.41) is 0. The van der Waals surface area contributed by atoms with E-state index in [4.69, 9.17) is 5.73 Å². The molecule has 2 rings (SSSR count). The predicted octanol–water partition coefficient (Wildman–Crippen LogP) is 2.64. The number of nitrogens with zero attached hydrogens (tertiary/aromatic N) is 1. The Morgan fingerprint density at radius 2 is 1.94 bits per heavy atom. The van der Waals surface area contributed by atoms with Crippen molar-refractivity contribution in [1.82, 2.24) is 4.90 Å². The highest BCUT2D eigenvalue weighted by Crippen LogP contribution is 2.27. The molecule has 0 aliphatic heterocycles. The fraction of sp³-hybridized carbons (Fsp3) is 0.600. The normalized spacial score (nSPS) is 16.1. The van der Waals surface area contributed by atoms with Crippen molar-refractivity contribution in [3.05, 3.63) is 35.9 Å². The van der Waals surface area contributed by atoms with Gasteiger partial charge in [0, 0.05) is 13.1 Å². The van der Waals surface area contributed by atoms with E-state index in [1.807, 2.05) is 0 Å². The van der Waals surface area contributed by atoms with Crippen LogP contribution in [0.3, 0.4) is 0 Å². The van der Waals surface area contributed by atoms with Gasteiger partial charge in [0.15, 0.2) is 0 Å². The molecule has 0 heterocycles. The van der Waals surface area contributed by atoms with Crippen LogP contribution in [0.5, 0.6) is 0 Å². The molecule has 0 aromatic heterocycles. The molecule has 2 heteroatoms. The summed E-state index contributed by atoms with van der Waals surface area (Å²) < 4.78 is 0. The van der Waals surface area contributed by atoms with Gasteiger partial charge in [-0.1, -0.05) is 36.8 Å². The molecule has 0 bridgehead atoms. The van der Waals surface area contributed by atoms with Crippen LogP contribution in [0.2, 0.25) is 0 Å². The first-order valence-corrected chi connectivity index (χ1v) is 6.85. The molecule has 1 aromatic rings. The number of rotatable bonds is 7. The summed E-state index contributed by atoms with van der Waals surface area (Å²) in [6.45, 7) is 4.28. The molecular weight excluding hydrogens is 208 g/mol. The van der Waals surface area contributed by atoms with Gasteiger partial charge in [0.05, 0.1) is 0 Å². The lowest BCUT2D eigenvalue weighted by atomic mass is 9.85. The quantitative estimate of drug-likeness (QED) is 0.783. The molecule has 0 amide bonds. The largest absolute Gasteiger partial charge is 0.330 e. The molecule has 0 unspecified atom stereocenters. The van der Waals surface area contributed by atoms with Crippen molar-refractivity contribution < 1.29 is 0 Å². The minimum absolute atomic E-state index is 0.802. The lowest BCUT2D eigenvalue weighted by Gasteiger charge is -2.32. The van der Waals surface area contributed by atoms with Gasteiger partial charge in [-0.25, -0.2) is 0 Å². The Bertz CT molecular complexity index is 306. The van der Waals surface area contributed by atoms with Crippen LogP contribution in [0.1, 0.15) is 31.2 Å². The molecular formula is C15H24N2. The summed E-state index contributed by atoms with van der Waals surface area (Å²) in [5.41, 5.74) is 7.04. The van der Waals surface area contributed by atoms with E-state index in [1.54, 1.807) is 0 Å². The predicted molar refractivity (Wildman–Crippen MR) is 72.7 cm³/mol. The summed E-state index contributed by atoms with van der Waals surface area (Å²) in [6, 6.07) is 10.8. The van der Waals surface area contributed by atoms with Crippen molar-refractivity contribution in [2.75, 3.05) is 19.6 Å². The average molecular weight is 232 g/mol. The van der Waals surface area contributed by atoms with Crippen molar-refractivity contribution in [3.63, 3.8) is 0 Å². The third kappa shape index (κ3) is 4.14. The second-order valence-electron chi connectivity index (χ2n) is 5.16. The van der Waals surface area contributed by atoms with E-state index >= 15 is 0 Å². The summed E-state index contributed by atoms with van der Waals surface area (Å²) >= 11 is 0. The number of benzene rings is 1. The van der Waals surface area contributed by atoms with Gasteiger partial charge in [-0.05, 0) is 43.8 Å². The molecule has 0 atom stereocenters. The molecule has 2 nitrogen and oxygen atoms in total. The maximum absolute atomic E-state index is 5.62. The fourth-order valence-electron chi connectivity index (χ4n) is 2.43. The van der Waals surface area contributed by atoms with E-state index in [0.717, 1.165) is 32.0 Å². The first kappa shape index (κ1) is 12.6. The van der Waals surface area contributed by atoms with E-state index < -0.39 is 0 Å². The smallest absolute Gasteiger partial charge is 0.0233 e. The molecule has 1 aliphatic carbocycles. The SMILES string of the molecule is NCCCN(Cc1ccccc1)CC1CCC1. The van der Waals surface area contributed by atoms with Gasteiger partial charge < -0.3 is 5.73 Å². The van der Waals surface area contributed by atoms with Gasteiger partial charge in [0.25, 0.3) is 0 Å². The van der Waals surface area contributed by atoms with Crippen LogP contribution in [-0.2, 0) is 6.54 Å².